The van der Waals surface area contributed by atoms with Gasteiger partial charge in [0.2, 0.25) is 0 Å². The molecule has 0 aliphatic rings. The van der Waals surface area contributed by atoms with Crippen molar-refractivity contribution in [3.8, 4) is 5.75 Å². The van der Waals surface area contributed by atoms with Crippen molar-refractivity contribution in [3.63, 3.8) is 0 Å². The molecule has 2 heterocycles. The van der Waals surface area contributed by atoms with Gasteiger partial charge in [-0.2, -0.15) is 0 Å². The van der Waals surface area contributed by atoms with Crippen molar-refractivity contribution in [2.75, 3.05) is 19.8 Å². The summed E-state index contributed by atoms with van der Waals surface area (Å²) in [6.07, 6.45) is 0. The molecule has 0 spiro atoms. The van der Waals surface area contributed by atoms with Crippen molar-refractivity contribution in [3.05, 3.63) is 81.9 Å². The van der Waals surface area contributed by atoms with E-state index in [9.17, 15) is 9.90 Å². The number of hydrogen-bond donors (Lipinski definition) is 2. The standard InChI is InChI=1S/C26H32N6O3/c1-4-35-22-10-11-23-20(15-22)14-21(26(34)27-23)17-31(12-13-33)24(18(2)3)25-28-29-30-32(25)16-19-8-6-5-7-9-19/h5-11,14-15,18,24,33H,4,12-13,16-17H2,1-3H3,(H,27,34)/t24-/m1/s1. The van der Waals surface area contributed by atoms with Gasteiger partial charge in [-0.3, -0.25) is 9.69 Å². The van der Waals surface area contributed by atoms with E-state index in [0.29, 0.717) is 37.6 Å². The van der Waals surface area contributed by atoms with Crippen LogP contribution in [0, 0.1) is 5.92 Å². The molecule has 4 aromatic rings. The van der Waals surface area contributed by atoms with E-state index in [1.54, 1.807) is 4.68 Å². The number of pyridine rings is 1. The van der Waals surface area contributed by atoms with Crippen molar-refractivity contribution in [2.45, 2.75) is 39.9 Å². The molecule has 0 fully saturated rings. The van der Waals surface area contributed by atoms with Crippen LogP contribution in [-0.4, -0.2) is 55.0 Å². The van der Waals surface area contributed by atoms with Gasteiger partial charge in [0.15, 0.2) is 5.82 Å². The van der Waals surface area contributed by atoms with E-state index in [0.717, 1.165) is 22.2 Å². The molecule has 4 rings (SSSR count). The van der Waals surface area contributed by atoms with E-state index in [4.69, 9.17) is 4.74 Å². The summed E-state index contributed by atoms with van der Waals surface area (Å²) in [6, 6.07) is 17.3. The van der Waals surface area contributed by atoms with E-state index >= 15 is 0 Å². The highest BCUT2D eigenvalue weighted by atomic mass is 16.5. The van der Waals surface area contributed by atoms with Crippen LogP contribution >= 0.6 is 0 Å². The minimum atomic E-state index is -0.203. The molecule has 35 heavy (non-hydrogen) atoms. The Morgan fingerprint density at radius 3 is 2.66 bits per heavy atom. The number of aromatic nitrogens is 5. The van der Waals surface area contributed by atoms with E-state index in [1.807, 2.05) is 61.5 Å². The van der Waals surface area contributed by atoms with Crippen molar-refractivity contribution in [2.24, 2.45) is 5.92 Å². The quantitative estimate of drug-likeness (QED) is 0.342. The second-order valence-corrected chi connectivity index (χ2v) is 8.87. The number of aliphatic hydroxyl groups is 1. The minimum absolute atomic E-state index is 0.0521. The van der Waals surface area contributed by atoms with Gasteiger partial charge in [-0.25, -0.2) is 4.68 Å². The maximum Gasteiger partial charge on any atom is 0.252 e. The highest BCUT2D eigenvalue weighted by molar-refractivity contribution is 5.80. The molecule has 2 N–H and O–H groups in total. The fourth-order valence-electron chi connectivity index (χ4n) is 4.44. The average molecular weight is 477 g/mol. The lowest BCUT2D eigenvalue weighted by molar-refractivity contribution is 0.106. The Morgan fingerprint density at radius 2 is 1.94 bits per heavy atom. The van der Waals surface area contributed by atoms with Crippen LogP contribution in [0.3, 0.4) is 0 Å². The Labute approximate surface area is 204 Å². The summed E-state index contributed by atoms with van der Waals surface area (Å²) in [6.45, 7) is 7.89. The van der Waals surface area contributed by atoms with Crippen LogP contribution in [0.4, 0.5) is 0 Å². The molecule has 0 aliphatic carbocycles. The summed E-state index contributed by atoms with van der Waals surface area (Å²) in [5.41, 5.74) is 2.29. The molecule has 9 nitrogen and oxygen atoms in total. The second kappa shape index (κ2) is 11.2. The van der Waals surface area contributed by atoms with Crippen LogP contribution in [0.1, 0.15) is 43.8 Å². The Balaban J connectivity index is 1.68. The molecule has 2 aromatic carbocycles. The molecule has 0 saturated carbocycles. The molecule has 0 aliphatic heterocycles. The highest BCUT2D eigenvalue weighted by Gasteiger charge is 2.29. The fraction of sp³-hybridized carbons (Fsp3) is 0.385. The number of rotatable bonds is 11. The first-order valence-electron chi connectivity index (χ1n) is 11.9. The predicted octanol–water partition coefficient (Wildman–Crippen LogP) is 3.15. The van der Waals surface area contributed by atoms with Gasteiger partial charge in [-0.15, -0.1) is 5.10 Å². The number of hydrogen-bond acceptors (Lipinski definition) is 7. The van der Waals surface area contributed by atoms with Gasteiger partial charge in [0.1, 0.15) is 5.75 Å². The SMILES string of the molecule is CCOc1ccc2[nH]c(=O)c(CN(CCO)[C@@H](c3nnnn3Cc3ccccc3)C(C)C)cc2c1. The zero-order valence-electron chi connectivity index (χ0n) is 20.4. The van der Waals surface area contributed by atoms with Crippen molar-refractivity contribution in [1.29, 1.82) is 0 Å². The summed E-state index contributed by atoms with van der Waals surface area (Å²) in [5, 5.41) is 23.3. The summed E-state index contributed by atoms with van der Waals surface area (Å²) in [5.74, 6) is 1.59. The number of fused-ring (bicyclic) bond motifs is 1. The molecule has 2 aromatic heterocycles. The summed E-state index contributed by atoms with van der Waals surface area (Å²) < 4.78 is 7.42. The lowest BCUT2D eigenvalue weighted by Gasteiger charge is -2.33. The number of aromatic amines is 1. The number of H-pyrrole nitrogens is 1. The lowest BCUT2D eigenvalue weighted by atomic mass is 10.00. The number of nitrogens with one attached hydrogen (secondary N) is 1. The molecule has 0 amide bonds. The zero-order valence-corrected chi connectivity index (χ0v) is 20.4. The lowest BCUT2D eigenvalue weighted by Crippen LogP contribution is -2.37. The van der Waals surface area contributed by atoms with Gasteiger partial charge >= 0.3 is 0 Å². The van der Waals surface area contributed by atoms with Gasteiger partial charge < -0.3 is 14.8 Å². The van der Waals surface area contributed by atoms with Crippen LogP contribution in [0.2, 0.25) is 0 Å². The zero-order chi connectivity index (χ0) is 24.8. The van der Waals surface area contributed by atoms with Crippen molar-refractivity contribution in [1.82, 2.24) is 30.1 Å². The van der Waals surface area contributed by atoms with Crippen LogP contribution < -0.4 is 10.3 Å². The molecule has 1 atom stereocenters. The molecule has 0 bridgehead atoms. The monoisotopic (exact) mass is 476 g/mol. The summed E-state index contributed by atoms with van der Waals surface area (Å²) in [7, 11) is 0. The Kier molecular flexibility index (Phi) is 7.89. The Hall–Kier alpha value is -3.56. The first-order chi connectivity index (χ1) is 17.0. The van der Waals surface area contributed by atoms with Crippen LogP contribution in [0.25, 0.3) is 10.9 Å². The van der Waals surface area contributed by atoms with Gasteiger partial charge in [0, 0.05) is 29.6 Å². The minimum Gasteiger partial charge on any atom is -0.494 e. The molecule has 0 saturated heterocycles. The molecular formula is C26H32N6O3. The number of benzene rings is 2. The average Bonchev–Trinajstić information content (AvgIpc) is 3.28. The van der Waals surface area contributed by atoms with Crippen molar-refractivity contribution < 1.29 is 9.84 Å². The third-order valence-corrected chi connectivity index (χ3v) is 5.99. The molecular weight excluding hydrogens is 444 g/mol. The number of tetrazole rings is 1. The fourth-order valence-corrected chi connectivity index (χ4v) is 4.44. The predicted molar refractivity (Wildman–Crippen MR) is 134 cm³/mol. The first kappa shape index (κ1) is 24.6. The Bertz CT molecular complexity index is 1300. The number of ether oxygens (including phenoxy) is 1. The molecule has 9 heteroatoms. The van der Waals surface area contributed by atoms with Gasteiger partial charge in [0.05, 0.1) is 25.8 Å². The van der Waals surface area contributed by atoms with Gasteiger partial charge in [0.25, 0.3) is 5.56 Å². The van der Waals surface area contributed by atoms with Crippen LogP contribution in [-0.2, 0) is 13.1 Å². The smallest absolute Gasteiger partial charge is 0.252 e. The van der Waals surface area contributed by atoms with Crippen LogP contribution in [0.5, 0.6) is 5.75 Å². The first-order valence-corrected chi connectivity index (χ1v) is 11.9. The van der Waals surface area contributed by atoms with E-state index in [2.05, 4.69) is 39.3 Å². The normalized spacial score (nSPS) is 12.5. The van der Waals surface area contributed by atoms with E-state index in [1.165, 1.54) is 0 Å². The van der Waals surface area contributed by atoms with Crippen LogP contribution in [0.15, 0.2) is 59.4 Å². The Morgan fingerprint density at radius 1 is 1.14 bits per heavy atom. The topological polar surface area (TPSA) is 109 Å². The molecule has 184 valence electrons. The highest BCUT2D eigenvalue weighted by Crippen LogP contribution is 2.29. The van der Waals surface area contributed by atoms with Gasteiger partial charge in [-0.05, 0) is 53.1 Å². The maximum atomic E-state index is 12.9. The van der Waals surface area contributed by atoms with Gasteiger partial charge in [-0.1, -0.05) is 44.2 Å². The third-order valence-electron chi connectivity index (χ3n) is 5.99. The summed E-state index contributed by atoms with van der Waals surface area (Å²) in [4.78, 5) is 18.0. The molecule has 0 radical (unpaired) electrons. The maximum absolute atomic E-state index is 12.9. The van der Waals surface area contributed by atoms with E-state index in [-0.39, 0.29) is 24.1 Å². The largest absolute Gasteiger partial charge is 0.494 e. The van der Waals surface area contributed by atoms with E-state index < -0.39 is 0 Å². The van der Waals surface area contributed by atoms with Crippen molar-refractivity contribution >= 4 is 10.9 Å². The third kappa shape index (κ3) is 5.75. The number of aliphatic hydroxyl groups excluding tert-OH is 1. The summed E-state index contributed by atoms with van der Waals surface area (Å²) >= 11 is 0. The second-order valence-electron chi connectivity index (χ2n) is 8.87. The number of nitrogens with zero attached hydrogens (tertiary/aromatic N) is 5. The molecule has 0 unspecified atom stereocenters.